The number of aryl methyl sites for hydroxylation is 4. The highest BCUT2D eigenvalue weighted by Gasteiger charge is 2.12. The summed E-state index contributed by atoms with van der Waals surface area (Å²) in [5.41, 5.74) is 5.27. The van der Waals surface area contributed by atoms with Gasteiger partial charge in [-0.2, -0.15) is 5.10 Å². The van der Waals surface area contributed by atoms with Crippen molar-refractivity contribution in [1.82, 2.24) is 9.78 Å². The van der Waals surface area contributed by atoms with Gasteiger partial charge in [0.15, 0.2) is 0 Å². The molecule has 1 aliphatic rings. The van der Waals surface area contributed by atoms with E-state index in [1.807, 2.05) is 0 Å². The zero-order valence-corrected chi connectivity index (χ0v) is 12.4. The summed E-state index contributed by atoms with van der Waals surface area (Å²) in [5.74, 6) is 1.07. The summed E-state index contributed by atoms with van der Waals surface area (Å²) >= 11 is 0. The van der Waals surface area contributed by atoms with Gasteiger partial charge in [-0.25, -0.2) is 0 Å². The first-order valence-electron chi connectivity index (χ1n) is 7.60. The van der Waals surface area contributed by atoms with Crippen LogP contribution in [0.2, 0.25) is 0 Å². The maximum absolute atomic E-state index is 5.55. The van der Waals surface area contributed by atoms with Crippen molar-refractivity contribution < 1.29 is 4.74 Å². The second-order valence-electron chi connectivity index (χ2n) is 5.35. The van der Waals surface area contributed by atoms with Gasteiger partial charge in [0, 0.05) is 18.7 Å². The van der Waals surface area contributed by atoms with Crippen LogP contribution in [0.25, 0.3) is 0 Å². The number of benzene rings is 1. The first-order valence-corrected chi connectivity index (χ1v) is 7.60. The first-order chi connectivity index (χ1) is 9.80. The highest BCUT2D eigenvalue weighted by molar-refractivity contribution is 5.39. The minimum Gasteiger partial charge on any atom is -0.493 e. The van der Waals surface area contributed by atoms with Crippen molar-refractivity contribution in [2.45, 2.75) is 46.1 Å². The highest BCUT2D eigenvalue weighted by Crippen LogP contribution is 2.26. The van der Waals surface area contributed by atoms with Crippen LogP contribution in [0.5, 0.6) is 5.75 Å². The molecule has 0 N–H and O–H groups in total. The maximum atomic E-state index is 5.55. The quantitative estimate of drug-likeness (QED) is 0.834. The number of ether oxygens (including phenoxy) is 1. The molecule has 0 radical (unpaired) electrons. The molecule has 1 aliphatic heterocycles. The minimum atomic E-state index is 0.831. The molecule has 0 saturated heterocycles. The molecule has 3 nitrogen and oxygen atoms in total. The Balaban J connectivity index is 1.71. The third-order valence-corrected chi connectivity index (χ3v) is 4.00. The Morgan fingerprint density at radius 1 is 1.20 bits per heavy atom. The van der Waals surface area contributed by atoms with Crippen LogP contribution in [0.15, 0.2) is 24.3 Å². The predicted octanol–water partition coefficient (Wildman–Crippen LogP) is 3.19. The summed E-state index contributed by atoms with van der Waals surface area (Å²) in [4.78, 5) is 0. The fraction of sp³-hybridized carbons (Fsp3) is 0.471. The molecule has 3 rings (SSSR count). The standard InChI is InChI=1S/C17H22N2O/c1-3-15-12-16(4-2)19(18-15)9-7-13-5-6-17-14(11-13)8-10-20-17/h5-6,11-12H,3-4,7-10H2,1-2H3. The molecule has 0 fully saturated rings. The van der Waals surface area contributed by atoms with Gasteiger partial charge in [-0.15, -0.1) is 0 Å². The van der Waals surface area contributed by atoms with Gasteiger partial charge in [0.1, 0.15) is 5.75 Å². The molecule has 1 aromatic carbocycles. The van der Waals surface area contributed by atoms with Gasteiger partial charge in [-0.1, -0.05) is 26.0 Å². The SMILES string of the molecule is CCc1cc(CC)n(CCc2ccc3c(c2)CCO3)n1. The molecule has 0 atom stereocenters. The van der Waals surface area contributed by atoms with Crippen LogP contribution >= 0.6 is 0 Å². The Morgan fingerprint density at radius 2 is 2.10 bits per heavy atom. The Labute approximate surface area is 120 Å². The van der Waals surface area contributed by atoms with E-state index in [-0.39, 0.29) is 0 Å². The van der Waals surface area contributed by atoms with Gasteiger partial charge in [0.2, 0.25) is 0 Å². The van der Waals surface area contributed by atoms with E-state index in [0.717, 1.165) is 44.6 Å². The van der Waals surface area contributed by atoms with E-state index in [1.54, 1.807) is 0 Å². The minimum absolute atomic E-state index is 0.831. The van der Waals surface area contributed by atoms with E-state index < -0.39 is 0 Å². The average molecular weight is 270 g/mol. The Kier molecular flexibility index (Phi) is 3.77. The molecule has 0 amide bonds. The molecule has 2 heterocycles. The molecule has 0 unspecified atom stereocenters. The fourth-order valence-electron chi connectivity index (χ4n) is 2.80. The second kappa shape index (κ2) is 5.70. The molecular weight excluding hydrogens is 248 g/mol. The largest absolute Gasteiger partial charge is 0.493 e. The molecule has 0 bridgehead atoms. The van der Waals surface area contributed by atoms with Crippen molar-refractivity contribution in [3.63, 3.8) is 0 Å². The van der Waals surface area contributed by atoms with Crippen molar-refractivity contribution in [2.24, 2.45) is 0 Å². The lowest BCUT2D eigenvalue weighted by molar-refractivity contribution is 0.357. The van der Waals surface area contributed by atoms with Crippen LogP contribution < -0.4 is 4.74 Å². The molecule has 20 heavy (non-hydrogen) atoms. The predicted molar refractivity (Wildman–Crippen MR) is 80.3 cm³/mol. The monoisotopic (exact) mass is 270 g/mol. The maximum Gasteiger partial charge on any atom is 0.122 e. The zero-order chi connectivity index (χ0) is 13.9. The summed E-state index contributed by atoms with van der Waals surface area (Å²) in [7, 11) is 0. The van der Waals surface area contributed by atoms with Crippen molar-refractivity contribution in [3.8, 4) is 5.75 Å². The van der Waals surface area contributed by atoms with Gasteiger partial charge >= 0.3 is 0 Å². The number of hydrogen-bond acceptors (Lipinski definition) is 2. The number of hydrogen-bond donors (Lipinski definition) is 0. The van der Waals surface area contributed by atoms with Crippen molar-refractivity contribution in [1.29, 1.82) is 0 Å². The third-order valence-electron chi connectivity index (χ3n) is 4.00. The molecule has 0 saturated carbocycles. The van der Waals surface area contributed by atoms with E-state index in [0.29, 0.717) is 0 Å². The van der Waals surface area contributed by atoms with Crippen LogP contribution in [0, 0.1) is 0 Å². The van der Waals surface area contributed by atoms with Crippen LogP contribution in [-0.4, -0.2) is 16.4 Å². The highest BCUT2D eigenvalue weighted by atomic mass is 16.5. The van der Waals surface area contributed by atoms with Crippen LogP contribution in [0.1, 0.15) is 36.4 Å². The normalized spacial score (nSPS) is 13.3. The first kappa shape index (κ1) is 13.2. The molecule has 0 aliphatic carbocycles. The Bertz CT molecular complexity index is 601. The fourth-order valence-corrected chi connectivity index (χ4v) is 2.80. The Hall–Kier alpha value is -1.77. The summed E-state index contributed by atoms with van der Waals surface area (Å²) in [6, 6.07) is 8.81. The second-order valence-corrected chi connectivity index (χ2v) is 5.35. The van der Waals surface area contributed by atoms with Crippen molar-refractivity contribution >= 4 is 0 Å². The summed E-state index contributed by atoms with van der Waals surface area (Å²) in [6.45, 7) is 6.15. The molecule has 106 valence electrons. The van der Waals surface area contributed by atoms with Gasteiger partial charge in [0.05, 0.1) is 12.3 Å². The van der Waals surface area contributed by atoms with Gasteiger partial charge in [-0.05, 0) is 42.5 Å². The van der Waals surface area contributed by atoms with E-state index in [4.69, 9.17) is 4.74 Å². The van der Waals surface area contributed by atoms with Crippen molar-refractivity contribution in [2.75, 3.05) is 6.61 Å². The lowest BCUT2D eigenvalue weighted by Crippen LogP contribution is -2.07. The van der Waals surface area contributed by atoms with E-state index in [9.17, 15) is 0 Å². The number of rotatable bonds is 5. The van der Waals surface area contributed by atoms with Gasteiger partial charge < -0.3 is 4.74 Å². The van der Waals surface area contributed by atoms with Crippen LogP contribution in [0.4, 0.5) is 0 Å². The lowest BCUT2D eigenvalue weighted by Gasteiger charge is -2.07. The van der Waals surface area contributed by atoms with E-state index in [1.165, 1.54) is 22.5 Å². The number of fused-ring (bicyclic) bond motifs is 1. The van der Waals surface area contributed by atoms with E-state index >= 15 is 0 Å². The summed E-state index contributed by atoms with van der Waals surface area (Å²) < 4.78 is 7.72. The van der Waals surface area contributed by atoms with Crippen LogP contribution in [0.3, 0.4) is 0 Å². The molecule has 1 aromatic heterocycles. The zero-order valence-electron chi connectivity index (χ0n) is 12.4. The van der Waals surface area contributed by atoms with Gasteiger partial charge in [0.25, 0.3) is 0 Å². The summed E-state index contributed by atoms with van der Waals surface area (Å²) in [5, 5.41) is 4.68. The van der Waals surface area contributed by atoms with Crippen molar-refractivity contribution in [3.05, 3.63) is 46.8 Å². The molecule has 2 aromatic rings. The molecular formula is C17H22N2O. The lowest BCUT2D eigenvalue weighted by atomic mass is 10.1. The smallest absolute Gasteiger partial charge is 0.122 e. The summed E-state index contributed by atoms with van der Waals surface area (Å²) in [6.07, 6.45) is 4.14. The molecule has 0 spiro atoms. The number of nitrogens with zero attached hydrogens (tertiary/aromatic N) is 2. The molecule has 3 heteroatoms. The topological polar surface area (TPSA) is 27.1 Å². The average Bonchev–Trinajstić information content (AvgIpc) is 3.10. The third kappa shape index (κ3) is 2.58. The van der Waals surface area contributed by atoms with Gasteiger partial charge in [-0.3, -0.25) is 4.68 Å². The van der Waals surface area contributed by atoms with E-state index in [2.05, 4.69) is 47.9 Å². The van der Waals surface area contributed by atoms with Crippen LogP contribution in [-0.2, 0) is 32.2 Å². The number of aromatic nitrogens is 2. The Morgan fingerprint density at radius 3 is 2.90 bits per heavy atom.